The summed E-state index contributed by atoms with van der Waals surface area (Å²) < 4.78 is 11.8. The molecule has 2 unspecified atom stereocenters. The zero-order chi connectivity index (χ0) is 28.0. The Balaban J connectivity index is 1.40. The van der Waals surface area contributed by atoms with Gasteiger partial charge in [-0.25, -0.2) is 0 Å². The van der Waals surface area contributed by atoms with Crippen LogP contribution in [0.15, 0.2) is 18.2 Å². The highest BCUT2D eigenvalue weighted by molar-refractivity contribution is 6.58. The molecule has 4 amide bonds. The zero-order valence-corrected chi connectivity index (χ0v) is 23.2. The standard InChI is InChI=1S/C25H30B5N3O6/c26-19-13(8-32-6-7-38-10-17(32)35)20(27)22(29)18(21(19)28)23(30)39-15-3-1-2-11-12(15)9-33(25(11)37)14-4-5-16(34)31-24(14)36/h1-3,14,23H,4-10,26-30H2,(H,31,34,36). The number of carbonyl (C=O) groups excluding carboxylic acids is 4. The summed E-state index contributed by atoms with van der Waals surface area (Å²) in [6.45, 7) is 2.08. The number of morpholine rings is 1. The van der Waals surface area contributed by atoms with Crippen LogP contribution in [0.25, 0.3) is 0 Å². The van der Waals surface area contributed by atoms with Crippen molar-refractivity contribution >= 4 is 84.7 Å². The van der Waals surface area contributed by atoms with Crippen LogP contribution in [-0.2, 0) is 32.2 Å². The molecule has 2 saturated heterocycles. The van der Waals surface area contributed by atoms with Gasteiger partial charge < -0.3 is 19.3 Å². The number of imide groups is 1. The van der Waals surface area contributed by atoms with Gasteiger partial charge in [0.1, 0.15) is 49.8 Å². The molecular formula is C25H30B5N3O6. The maximum atomic E-state index is 13.2. The van der Waals surface area contributed by atoms with Crippen LogP contribution in [0.2, 0.25) is 0 Å². The fraction of sp³-hybridized carbons (Fsp3) is 0.360. The maximum Gasteiger partial charge on any atom is 0.255 e. The van der Waals surface area contributed by atoms with E-state index in [0.717, 1.165) is 38.5 Å². The van der Waals surface area contributed by atoms with Crippen LogP contribution in [0.4, 0.5) is 0 Å². The van der Waals surface area contributed by atoms with E-state index in [4.69, 9.17) is 9.47 Å². The van der Waals surface area contributed by atoms with Crippen molar-refractivity contribution in [3.8, 4) is 5.75 Å². The molecule has 9 nitrogen and oxygen atoms in total. The number of fused-ring (bicyclic) bond motifs is 1. The average Bonchev–Trinajstić information content (AvgIpc) is 3.23. The minimum absolute atomic E-state index is 0.00923. The summed E-state index contributed by atoms with van der Waals surface area (Å²) in [7, 11) is 10.4. The van der Waals surface area contributed by atoms with E-state index in [1.165, 1.54) is 4.90 Å². The van der Waals surface area contributed by atoms with E-state index in [2.05, 4.69) is 36.7 Å². The first-order valence-corrected chi connectivity index (χ1v) is 13.5. The fourth-order valence-electron chi connectivity index (χ4n) is 6.09. The second-order valence-electron chi connectivity index (χ2n) is 10.7. The Morgan fingerprint density at radius 3 is 2.44 bits per heavy atom. The SMILES string of the molecule is Bc1c(B)c(C(B)Oc2cccc3c2CN(C2CCC(=O)NC2=O)C3=O)c(B)c(B)c1CN1CCOCC1=O. The molecule has 0 spiro atoms. The molecule has 0 aliphatic carbocycles. The van der Waals surface area contributed by atoms with Gasteiger partial charge in [-0.05, 0) is 29.7 Å². The molecule has 3 aliphatic rings. The predicted octanol–water partition coefficient (Wildman–Crippen LogP) is -6.45. The largest absolute Gasteiger partial charge is 0.495 e. The minimum atomic E-state index is -0.673. The van der Waals surface area contributed by atoms with Gasteiger partial charge in [-0.3, -0.25) is 24.5 Å². The van der Waals surface area contributed by atoms with E-state index in [-0.39, 0.29) is 43.3 Å². The molecule has 0 aromatic heterocycles. The number of ether oxygens (including phenoxy) is 2. The van der Waals surface area contributed by atoms with Crippen LogP contribution in [0, 0.1) is 0 Å². The summed E-state index contributed by atoms with van der Waals surface area (Å²) >= 11 is 0. The Labute approximate surface area is 232 Å². The van der Waals surface area contributed by atoms with Crippen molar-refractivity contribution < 1.29 is 28.7 Å². The normalized spacial score (nSPS) is 20.2. The second-order valence-corrected chi connectivity index (χ2v) is 10.7. The molecule has 0 saturated carbocycles. The molecule has 2 aromatic rings. The first kappa shape index (κ1) is 27.2. The Hall–Kier alpha value is -3.40. The van der Waals surface area contributed by atoms with Crippen molar-refractivity contribution in [1.29, 1.82) is 0 Å². The van der Waals surface area contributed by atoms with Crippen LogP contribution >= 0.6 is 0 Å². The Morgan fingerprint density at radius 2 is 1.77 bits per heavy atom. The summed E-state index contributed by atoms with van der Waals surface area (Å²) in [6, 6.07) is 4.44. The van der Waals surface area contributed by atoms with Crippen molar-refractivity contribution in [3.05, 3.63) is 40.5 Å². The topological polar surface area (TPSA) is 105 Å². The lowest BCUT2D eigenvalue weighted by atomic mass is 9.62. The molecule has 39 heavy (non-hydrogen) atoms. The second kappa shape index (κ2) is 10.6. The van der Waals surface area contributed by atoms with E-state index in [1.54, 1.807) is 12.1 Å². The highest BCUT2D eigenvalue weighted by Crippen LogP contribution is 2.35. The lowest BCUT2D eigenvalue weighted by Gasteiger charge is -2.31. The summed E-state index contributed by atoms with van der Waals surface area (Å²) in [5, 5.41) is 2.35. The number of hydrogen-bond acceptors (Lipinski definition) is 6. The molecule has 2 aromatic carbocycles. The molecule has 2 fully saturated rings. The number of amides is 4. The van der Waals surface area contributed by atoms with Crippen LogP contribution in [0.1, 0.15) is 45.9 Å². The molecule has 5 rings (SSSR count). The Bertz CT molecular complexity index is 1370. The summed E-state index contributed by atoms with van der Waals surface area (Å²) in [5.74, 6) is -0.342. The number of nitrogens with one attached hydrogen (secondary N) is 1. The summed E-state index contributed by atoms with van der Waals surface area (Å²) in [5.41, 5.74) is 8.04. The minimum Gasteiger partial charge on any atom is -0.495 e. The summed E-state index contributed by atoms with van der Waals surface area (Å²) in [6.07, 6.45) is 0.528. The number of hydrogen-bond donors (Lipinski definition) is 1. The number of nitrogens with zero attached hydrogens (tertiary/aromatic N) is 2. The molecule has 0 radical (unpaired) electrons. The number of piperidine rings is 1. The molecule has 196 valence electrons. The molecule has 1 N–H and O–H groups in total. The van der Waals surface area contributed by atoms with Crippen LogP contribution < -0.4 is 31.9 Å². The number of carbonyl (C=O) groups is 4. The van der Waals surface area contributed by atoms with Crippen LogP contribution in [0.3, 0.4) is 0 Å². The van der Waals surface area contributed by atoms with Crippen molar-refractivity contribution in [2.75, 3.05) is 19.8 Å². The lowest BCUT2D eigenvalue weighted by Crippen LogP contribution is -2.52. The van der Waals surface area contributed by atoms with E-state index >= 15 is 0 Å². The monoisotopic (exact) mass is 523 g/mol. The highest BCUT2D eigenvalue weighted by Gasteiger charge is 2.40. The van der Waals surface area contributed by atoms with Gasteiger partial charge in [0.15, 0.2) is 7.85 Å². The third-order valence-electron chi connectivity index (χ3n) is 8.52. The van der Waals surface area contributed by atoms with Crippen LogP contribution in [0.5, 0.6) is 5.75 Å². The lowest BCUT2D eigenvalue weighted by molar-refractivity contribution is -0.143. The average molecular weight is 523 g/mol. The van der Waals surface area contributed by atoms with Gasteiger partial charge in [-0.1, -0.05) is 27.9 Å². The van der Waals surface area contributed by atoms with E-state index in [9.17, 15) is 19.2 Å². The molecule has 3 aliphatic heterocycles. The van der Waals surface area contributed by atoms with Crippen molar-refractivity contribution in [1.82, 2.24) is 15.1 Å². The first-order chi connectivity index (χ1) is 18.6. The molecular weight excluding hydrogens is 492 g/mol. The molecule has 0 bridgehead atoms. The van der Waals surface area contributed by atoms with E-state index in [1.807, 2.05) is 18.8 Å². The van der Waals surface area contributed by atoms with E-state index in [0.29, 0.717) is 37.4 Å². The Kier molecular flexibility index (Phi) is 7.42. The van der Waals surface area contributed by atoms with Gasteiger partial charge in [0.2, 0.25) is 17.7 Å². The molecule has 3 heterocycles. The van der Waals surface area contributed by atoms with Gasteiger partial charge in [0.05, 0.1) is 19.2 Å². The smallest absolute Gasteiger partial charge is 0.255 e. The maximum absolute atomic E-state index is 13.2. The van der Waals surface area contributed by atoms with Crippen molar-refractivity contribution in [2.45, 2.75) is 38.0 Å². The Morgan fingerprint density at radius 1 is 1.05 bits per heavy atom. The highest BCUT2D eigenvalue weighted by atomic mass is 16.5. The van der Waals surface area contributed by atoms with Gasteiger partial charge in [0.25, 0.3) is 5.91 Å². The van der Waals surface area contributed by atoms with Crippen molar-refractivity contribution in [3.63, 3.8) is 0 Å². The van der Waals surface area contributed by atoms with E-state index < -0.39 is 11.9 Å². The predicted molar refractivity (Wildman–Crippen MR) is 160 cm³/mol. The fourth-order valence-corrected chi connectivity index (χ4v) is 6.09. The van der Waals surface area contributed by atoms with Gasteiger partial charge in [0, 0.05) is 30.6 Å². The third-order valence-corrected chi connectivity index (χ3v) is 8.52. The molecule has 2 atom stereocenters. The van der Waals surface area contributed by atoms with Gasteiger partial charge in [-0.2, -0.15) is 0 Å². The number of rotatable bonds is 6. The quantitative estimate of drug-likeness (QED) is 0.299. The zero-order valence-electron chi connectivity index (χ0n) is 23.2. The third kappa shape index (κ3) is 4.90. The first-order valence-electron chi connectivity index (χ1n) is 13.5. The van der Waals surface area contributed by atoms with Crippen LogP contribution in [-0.4, -0.2) is 98.5 Å². The number of benzene rings is 2. The van der Waals surface area contributed by atoms with Gasteiger partial charge in [-0.15, -0.1) is 0 Å². The van der Waals surface area contributed by atoms with Crippen molar-refractivity contribution in [2.24, 2.45) is 0 Å². The van der Waals surface area contributed by atoms with Gasteiger partial charge >= 0.3 is 0 Å². The molecule has 14 heteroatoms. The summed E-state index contributed by atoms with van der Waals surface area (Å²) in [4.78, 5) is 53.0.